The minimum Gasteiger partial charge on any atom is -0.366 e. The van der Waals surface area contributed by atoms with Crippen LogP contribution >= 0.6 is 0 Å². The van der Waals surface area contributed by atoms with Gasteiger partial charge in [0.15, 0.2) is 0 Å². The van der Waals surface area contributed by atoms with Gasteiger partial charge in [0, 0.05) is 31.0 Å². The molecule has 0 aromatic heterocycles. The molecule has 3 aliphatic heterocycles. The summed E-state index contributed by atoms with van der Waals surface area (Å²) in [5.41, 5.74) is 0. The van der Waals surface area contributed by atoms with E-state index in [0.717, 1.165) is 0 Å². The van der Waals surface area contributed by atoms with Crippen LogP contribution in [0.15, 0.2) is 12.2 Å². The second-order valence-corrected chi connectivity index (χ2v) is 7.07. The lowest BCUT2D eigenvalue weighted by atomic mass is 9.86. The molecule has 17 heavy (non-hydrogen) atoms. The van der Waals surface area contributed by atoms with E-state index in [1.807, 2.05) is 13.8 Å². The van der Waals surface area contributed by atoms with Crippen molar-refractivity contribution in [3.05, 3.63) is 12.2 Å². The van der Waals surface area contributed by atoms with Crippen molar-refractivity contribution in [1.29, 1.82) is 0 Å². The highest BCUT2D eigenvalue weighted by Gasteiger charge is 2.52. The van der Waals surface area contributed by atoms with Gasteiger partial charge in [-0.15, -0.1) is 0 Å². The Morgan fingerprint density at radius 1 is 1.24 bits per heavy atom. The summed E-state index contributed by atoms with van der Waals surface area (Å²) in [5, 5.41) is 0. The molecule has 0 aromatic carbocycles. The van der Waals surface area contributed by atoms with Crippen LogP contribution in [0.5, 0.6) is 0 Å². The fourth-order valence-electron chi connectivity index (χ4n) is 3.06. The van der Waals surface area contributed by atoms with E-state index in [1.165, 1.54) is 0 Å². The van der Waals surface area contributed by atoms with E-state index in [0.29, 0.717) is 24.9 Å². The summed E-state index contributed by atoms with van der Waals surface area (Å²) in [6.07, 6.45) is 4.39. The van der Waals surface area contributed by atoms with Crippen LogP contribution in [-0.4, -0.2) is 44.1 Å². The van der Waals surface area contributed by atoms with Crippen molar-refractivity contribution >= 4 is 10.2 Å². The van der Waals surface area contributed by atoms with Gasteiger partial charge in [-0.2, -0.15) is 17.4 Å². The SMILES string of the molecule is CC(C)NS(=O)(=O)N1CC2C3C=CC(O3)C2C1. The zero-order valence-electron chi connectivity index (χ0n) is 10.0. The third kappa shape index (κ3) is 1.83. The Morgan fingerprint density at radius 2 is 1.76 bits per heavy atom. The smallest absolute Gasteiger partial charge is 0.279 e. The van der Waals surface area contributed by atoms with Crippen LogP contribution in [0, 0.1) is 11.8 Å². The van der Waals surface area contributed by atoms with E-state index >= 15 is 0 Å². The summed E-state index contributed by atoms with van der Waals surface area (Å²) in [4.78, 5) is 0. The maximum absolute atomic E-state index is 12.1. The molecule has 4 atom stereocenters. The Morgan fingerprint density at radius 3 is 2.24 bits per heavy atom. The monoisotopic (exact) mass is 258 g/mol. The quantitative estimate of drug-likeness (QED) is 0.731. The van der Waals surface area contributed by atoms with Crippen LogP contribution in [-0.2, 0) is 14.9 Å². The van der Waals surface area contributed by atoms with Crippen molar-refractivity contribution in [2.24, 2.45) is 11.8 Å². The average Bonchev–Trinajstić information content (AvgIpc) is 2.88. The van der Waals surface area contributed by atoms with Crippen LogP contribution in [0.3, 0.4) is 0 Å². The topological polar surface area (TPSA) is 58.6 Å². The number of hydrogen-bond acceptors (Lipinski definition) is 3. The highest BCUT2D eigenvalue weighted by molar-refractivity contribution is 7.87. The van der Waals surface area contributed by atoms with Gasteiger partial charge in [-0.25, -0.2) is 0 Å². The molecule has 0 spiro atoms. The zero-order valence-corrected chi connectivity index (χ0v) is 10.9. The molecule has 2 bridgehead atoms. The van der Waals surface area contributed by atoms with Crippen molar-refractivity contribution in [2.75, 3.05) is 13.1 Å². The van der Waals surface area contributed by atoms with E-state index in [2.05, 4.69) is 16.9 Å². The fourth-order valence-corrected chi connectivity index (χ4v) is 4.54. The van der Waals surface area contributed by atoms with E-state index in [4.69, 9.17) is 4.74 Å². The molecular formula is C11H18N2O3S. The number of rotatable bonds is 3. The predicted octanol–water partition coefficient (Wildman–Crippen LogP) is 0.114. The molecule has 2 saturated heterocycles. The molecule has 0 aromatic rings. The third-order valence-corrected chi connectivity index (χ3v) is 5.50. The van der Waals surface area contributed by atoms with Crippen LogP contribution < -0.4 is 4.72 Å². The second-order valence-electron chi connectivity index (χ2n) is 5.37. The van der Waals surface area contributed by atoms with E-state index in [1.54, 1.807) is 4.31 Å². The van der Waals surface area contributed by atoms with Crippen LogP contribution in [0.1, 0.15) is 13.8 Å². The largest absolute Gasteiger partial charge is 0.366 e. The Bertz CT molecular complexity index is 426. The molecule has 0 aliphatic carbocycles. The average molecular weight is 258 g/mol. The molecular weight excluding hydrogens is 240 g/mol. The summed E-state index contributed by atoms with van der Waals surface area (Å²) in [7, 11) is -3.32. The second kappa shape index (κ2) is 3.78. The Kier molecular flexibility index (Phi) is 2.59. The molecule has 3 rings (SSSR count). The van der Waals surface area contributed by atoms with E-state index in [9.17, 15) is 8.42 Å². The number of ether oxygens (including phenoxy) is 1. The lowest BCUT2D eigenvalue weighted by Crippen LogP contribution is -2.43. The molecule has 0 amide bonds. The Balaban J connectivity index is 1.74. The first-order valence-corrected chi connectivity index (χ1v) is 7.52. The first-order valence-electron chi connectivity index (χ1n) is 6.08. The molecule has 2 fully saturated rings. The van der Waals surface area contributed by atoms with Crippen molar-refractivity contribution in [3.8, 4) is 0 Å². The van der Waals surface area contributed by atoms with Crippen LogP contribution in [0.2, 0.25) is 0 Å². The number of fused-ring (bicyclic) bond motifs is 5. The van der Waals surface area contributed by atoms with Gasteiger partial charge in [-0.3, -0.25) is 0 Å². The fraction of sp³-hybridized carbons (Fsp3) is 0.818. The molecule has 3 aliphatic rings. The van der Waals surface area contributed by atoms with Gasteiger partial charge in [0.25, 0.3) is 10.2 Å². The van der Waals surface area contributed by atoms with Gasteiger partial charge < -0.3 is 4.74 Å². The van der Waals surface area contributed by atoms with Gasteiger partial charge in [0.2, 0.25) is 0 Å². The molecule has 96 valence electrons. The highest BCUT2D eigenvalue weighted by atomic mass is 32.2. The van der Waals surface area contributed by atoms with Gasteiger partial charge in [-0.05, 0) is 13.8 Å². The molecule has 0 radical (unpaired) electrons. The lowest BCUT2D eigenvalue weighted by Gasteiger charge is -2.20. The Labute approximate surface area is 102 Å². The summed E-state index contributed by atoms with van der Waals surface area (Å²) in [6.45, 7) is 4.84. The zero-order chi connectivity index (χ0) is 12.2. The minimum absolute atomic E-state index is 0.0634. The first kappa shape index (κ1) is 11.6. The summed E-state index contributed by atoms with van der Waals surface area (Å²) in [5.74, 6) is 0.683. The van der Waals surface area contributed by atoms with Gasteiger partial charge in [0.05, 0.1) is 12.2 Å². The molecule has 5 nitrogen and oxygen atoms in total. The standard InChI is InChI=1S/C11H18N2O3S/c1-7(2)12-17(14,15)13-5-8-9(6-13)11-4-3-10(8)16-11/h3-4,7-12H,5-6H2,1-2H3. The maximum atomic E-state index is 12.1. The van der Waals surface area contributed by atoms with Crippen LogP contribution in [0.4, 0.5) is 0 Å². The van der Waals surface area contributed by atoms with E-state index in [-0.39, 0.29) is 18.2 Å². The van der Waals surface area contributed by atoms with Crippen molar-refractivity contribution in [1.82, 2.24) is 9.03 Å². The predicted molar refractivity (Wildman–Crippen MR) is 63.5 cm³/mol. The third-order valence-electron chi connectivity index (χ3n) is 3.75. The number of hydrogen-bond donors (Lipinski definition) is 1. The van der Waals surface area contributed by atoms with E-state index < -0.39 is 10.2 Å². The normalized spacial score (nSPS) is 40.4. The summed E-state index contributed by atoms with van der Waals surface area (Å²) >= 11 is 0. The molecule has 6 heteroatoms. The highest BCUT2D eigenvalue weighted by Crippen LogP contribution is 2.43. The molecule has 4 unspecified atom stereocenters. The van der Waals surface area contributed by atoms with Gasteiger partial charge in [-0.1, -0.05) is 12.2 Å². The van der Waals surface area contributed by atoms with Crippen molar-refractivity contribution < 1.29 is 13.2 Å². The number of nitrogens with one attached hydrogen (secondary N) is 1. The van der Waals surface area contributed by atoms with Gasteiger partial charge >= 0.3 is 0 Å². The number of nitrogens with zero attached hydrogens (tertiary/aromatic N) is 1. The molecule has 3 heterocycles. The lowest BCUT2D eigenvalue weighted by molar-refractivity contribution is 0.0928. The first-order chi connectivity index (χ1) is 7.97. The van der Waals surface area contributed by atoms with Crippen molar-refractivity contribution in [3.63, 3.8) is 0 Å². The Hall–Kier alpha value is -0.430. The molecule has 0 saturated carbocycles. The molecule has 1 N–H and O–H groups in total. The summed E-state index contributed by atoms with van der Waals surface area (Å²) in [6, 6.07) is -0.0634. The maximum Gasteiger partial charge on any atom is 0.279 e. The van der Waals surface area contributed by atoms with Crippen LogP contribution in [0.25, 0.3) is 0 Å². The van der Waals surface area contributed by atoms with Gasteiger partial charge in [0.1, 0.15) is 0 Å². The minimum atomic E-state index is -3.32. The summed E-state index contributed by atoms with van der Waals surface area (Å²) < 4.78 is 34.1. The van der Waals surface area contributed by atoms with Crippen molar-refractivity contribution in [2.45, 2.75) is 32.1 Å².